The topological polar surface area (TPSA) is 88.2 Å². The summed E-state index contributed by atoms with van der Waals surface area (Å²) in [5.74, 6) is 0.683. The van der Waals surface area contributed by atoms with Crippen LogP contribution in [0.3, 0.4) is 0 Å². The molecule has 18 heavy (non-hydrogen) atoms. The van der Waals surface area contributed by atoms with E-state index >= 15 is 0 Å². The molecule has 0 aliphatic rings. The van der Waals surface area contributed by atoms with Gasteiger partial charge in [-0.3, -0.25) is 4.79 Å². The highest BCUT2D eigenvalue weighted by Crippen LogP contribution is 2.07. The third-order valence-electron chi connectivity index (χ3n) is 2.76. The van der Waals surface area contributed by atoms with Crippen molar-refractivity contribution >= 4 is 11.7 Å². The van der Waals surface area contributed by atoms with Crippen LogP contribution in [0.15, 0.2) is 18.3 Å². The van der Waals surface area contributed by atoms with Crippen LogP contribution < -0.4 is 11.1 Å². The van der Waals surface area contributed by atoms with Crippen LogP contribution in [0.25, 0.3) is 0 Å². The van der Waals surface area contributed by atoms with Gasteiger partial charge in [0.2, 0.25) is 0 Å². The maximum Gasteiger partial charge on any atom is 0.252 e. The normalized spacial score (nSPS) is 12.1. The van der Waals surface area contributed by atoms with E-state index in [1.807, 2.05) is 0 Å². The number of carbonyl (C=O) groups is 1. The number of nitrogens with one attached hydrogen (secondary N) is 1. The number of nitrogen functional groups attached to an aromatic ring is 1. The molecule has 0 aliphatic heterocycles. The molecule has 0 aromatic carbocycles. The summed E-state index contributed by atoms with van der Waals surface area (Å²) in [4.78, 5) is 15.6. The second-order valence-electron chi connectivity index (χ2n) is 4.51. The second-order valence-corrected chi connectivity index (χ2v) is 4.51. The Labute approximate surface area is 107 Å². The molecule has 5 heteroatoms. The summed E-state index contributed by atoms with van der Waals surface area (Å²) in [6, 6.07) is 3.27. The van der Waals surface area contributed by atoms with Gasteiger partial charge in [-0.2, -0.15) is 0 Å². The smallest absolute Gasteiger partial charge is 0.252 e. The summed E-state index contributed by atoms with van der Waals surface area (Å²) in [5.41, 5.74) is 5.97. The molecule has 1 amide bonds. The molecular formula is C13H21N3O2. The molecule has 0 saturated heterocycles. The minimum Gasteiger partial charge on any atom is -0.396 e. The van der Waals surface area contributed by atoms with Crippen LogP contribution in [-0.4, -0.2) is 29.1 Å². The van der Waals surface area contributed by atoms with Gasteiger partial charge in [0.1, 0.15) is 5.82 Å². The minimum atomic E-state index is -0.128. The molecule has 100 valence electrons. The summed E-state index contributed by atoms with van der Waals surface area (Å²) in [6.45, 7) is 2.95. The summed E-state index contributed by atoms with van der Waals surface area (Å²) < 4.78 is 0. The van der Waals surface area contributed by atoms with Gasteiger partial charge in [-0.05, 0) is 30.9 Å². The van der Waals surface area contributed by atoms with Gasteiger partial charge < -0.3 is 16.2 Å². The lowest BCUT2D eigenvalue weighted by Crippen LogP contribution is -2.28. The van der Waals surface area contributed by atoms with E-state index < -0.39 is 0 Å². The molecule has 0 radical (unpaired) electrons. The average Bonchev–Trinajstić information content (AvgIpc) is 2.37. The van der Waals surface area contributed by atoms with E-state index in [-0.39, 0.29) is 12.5 Å². The molecular weight excluding hydrogens is 230 g/mol. The number of amides is 1. The molecule has 0 spiro atoms. The Morgan fingerprint density at radius 1 is 1.50 bits per heavy atom. The van der Waals surface area contributed by atoms with E-state index in [1.54, 1.807) is 12.1 Å². The number of nitrogens with two attached hydrogens (primary N) is 1. The lowest BCUT2D eigenvalue weighted by atomic mass is 10.0. The van der Waals surface area contributed by atoms with Crippen molar-refractivity contribution in [2.75, 3.05) is 18.9 Å². The molecule has 0 fully saturated rings. The van der Waals surface area contributed by atoms with Crippen molar-refractivity contribution in [3.63, 3.8) is 0 Å². The number of aromatic nitrogens is 1. The summed E-state index contributed by atoms with van der Waals surface area (Å²) in [6.07, 6.45) is 4.28. The number of hydrogen-bond acceptors (Lipinski definition) is 4. The third-order valence-corrected chi connectivity index (χ3v) is 2.76. The van der Waals surface area contributed by atoms with E-state index in [4.69, 9.17) is 10.8 Å². The standard InChI is InChI=1S/C13H21N3O2/c1-10(4-2-3-7-17)8-16-13(18)11-5-6-12(14)15-9-11/h5-6,9-10,17H,2-4,7-8H2,1H3,(H2,14,15)(H,16,18). The fourth-order valence-electron chi connectivity index (χ4n) is 1.62. The van der Waals surface area contributed by atoms with E-state index in [1.165, 1.54) is 6.20 Å². The Bertz CT molecular complexity index is 365. The zero-order valence-corrected chi connectivity index (χ0v) is 10.7. The van der Waals surface area contributed by atoms with Crippen LogP contribution in [0.1, 0.15) is 36.5 Å². The summed E-state index contributed by atoms with van der Waals surface area (Å²) in [5, 5.41) is 11.5. The zero-order chi connectivity index (χ0) is 13.4. The lowest BCUT2D eigenvalue weighted by Gasteiger charge is -2.12. The first-order valence-corrected chi connectivity index (χ1v) is 6.24. The third kappa shape index (κ3) is 5.14. The zero-order valence-electron chi connectivity index (χ0n) is 10.7. The fraction of sp³-hybridized carbons (Fsp3) is 0.538. The molecule has 1 rings (SSSR count). The van der Waals surface area contributed by atoms with Crippen LogP contribution in [0.5, 0.6) is 0 Å². The number of aliphatic hydroxyl groups excluding tert-OH is 1. The van der Waals surface area contributed by atoms with Crippen molar-refractivity contribution in [2.24, 2.45) is 5.92 Å². The predicted molar refractivity (Wildman–Crippen MR) is 71.1 cm³/mol. The van der Waals surface area contributed by atoms with E-state index in [0.717, 1.165) is 19.3 Å². The highest BCUT2D eigenvalue weighted by atomic mass is 16.2. The summed E-state index contributed by atoms with van der Waals surface area (Å²) >= 11 is 0. The molecule has 1 atom stereocenters. The molecule has 1 aromatic rings. The van der Waals surface area contributed by atoms with Gasteiger partial charge in [0.15, 0.2) is 0 Å². The number of carbonyl (C=O) groups excluding carboxylic acids is 1. The van der Waals surface area contributed by atoms with Crippen molar-refractivity contribution in [1.82, 2.24) is 10.3 Å². The number of pyridine rings is 1. The first-order valence-electron chi connectivity index (χ1n) is 6.24. The number of unbranched alkanes of at least 4 members (excludes halogenated alkanes) is 1. The Kier molecular flexibility index (Phi) is 6.14. The fourth-order valence-corrected chi connectivity index (χ4v) is 1.62. The molecule has 0 saturated carbocycles. The highest BCUT2D eigenvalue weighted by Gasteiger charge is 2.08. The van der Waals surface area contributed by atoms with E-state index in [0.29, 0.717) is 23.8 Å². The Morgan fingerprint density at radius 2 is 2.28 bits per heavy atom. The Hall–Kier alpha value is -1.62. The van der Waals surface area contributed by atoms with Gasteiger partial charge in [0.25, 0.3) is 5.91 Å². The monoisotopic (exact) mass is 251 g/mol. The highest BCUT2D eigenvalue weighted by molar-refractivity contribution is 5.93. The largest absolute Gasteiger partial charge is 0.396 e. The summed E-state index contributed by atoms with van der Waals surface area (Å²) in [7, 11) is 0. The molecule has 1 aromatic heterocycles. The van der Waals surface area contributed by atoms with Crippen LogP contribution in [-0.2, 0) is 0 Å². The number of anilines is 1. The van der Waals surface area contributed by atoms with Gasteiger partial charge in [0, 0.05) is 19.3 Å². The quantitative estimate of drug-likeness (QED) is 0.635. The van der Waals surface area contributed by atoms with Gasteiger partial charge in [-0.15, -0.1) is 0 Å². The van der Waals surface area contributed by atoms with Crippen molar-refractivity contribution < 1.29 is 9.90 Å². The van der Waals surface area contributed by atoms with Gasteiger partial charge in [-0.25, -0.2) is 4.98 Å². The predicted octanol–water partition coefficient (Wildman–Crippen LogP) is 1.19. The van der Waals surface area contributed by atoms with Crippen LogP contribution in [0.2, 0.25) is 0 Å². The van der Waals surface area contributed by atoms with Gasteiger partial charge in [0.05, 0.1) is 5.56 Å². The maximum atomic E-state index is 11.8. The van der Waals surface area contributed by atoms with Crippen LogP contribution in [0, 0.1) is 5.92 Å². The molecule has 0 aliphatic carbocycles. The first kappa shape index (κ1) is 14.4. The number of hydrogen-bond donors (Lipinski definition) is 3. The van der Waals surface area contributed by atoms with Gasteiger partial charge >= 0.3 is 0 Å². The average molecular weight is 251 g/mol. The molecule has 1 heterocycles. The number of aliphatic hydroxyl groups is 1. The molecule has 5 nitrogen and oxygen atoms in total. The molecule has 4 N–H and O–H groups in total. The van der Waals surface area contributed by atoms with E-state index in [2.05, 4.69) is 17.2 Å². The van der Waals surface area contributed by atoms with Crippen LogP contribution in [0.4, 0.5) is 5.82 Å². The van der Waals surface area contributed by atoms with Crippen molar-refractivity contribution in [2.45, 2.75) is 26.2 Å². The minimum absolute atomic E-state index is 0.128. The molecule has 1 unspecified atom stereocenters. The Balaban J connectivity index is 2.30. The van der Waals surface area contributed by atoms with Crippen molar-refractivity contribution in [3.05, 3.63) is 23.9 Å². The second kappa shape index (κ2) is 7.66. The number of rotatable bonds is 7. The Morgan fingerprint density at radius 3 is 2.89 bits per heavy atom. The van der Waals surface area contributed by atoms with Gasteiger partial charge in [-0.1, -0.05) is 13.3 Å². The number of nitrogens with zero attached hydrogens (tertiary/aromatic N) is 1. The van der Waals surface area contributed by atoms with Crippen LogP contribution >= 0.6 is 0 Å². The SMILES string of the molecule is CC(CCCCO)CNC(=O)c1ccc(N)nc1. The van der Waals surface area contributed by atoms with Crippen molar-refractivity contribution in [1.29, 1.82) is 0 Å². The van der Waals surface area contributed by atoms with Crippen molar-refractivity contribution in [3.8, 4) is 0 Å². The maximum absolute atomic E-state index is 11.8. The lowest BCUT2D eigenvalue weighted by molar-refractivity contribution is 0.0946. The van der Waals surface area contributed by atoms with E-state index in [9.17, 15) is 4.79 Å². The first-order chi connectivity index (χ1) is 8.63. The molecule has 0 bridgehead atoms.